The lowest BCUT2D eigenvalue weighted by Gasteiger charge is -2.33. The van der Waals surface area contributed by atoms with Gasteiger partial charge in [-0.3, -0.25) is 4.90 Å². The smallest absolute Gasteiger partial charge is 0.358 e. The Morgan fingerprint density at radius 3 is 2.96 bits per heavy atom. The van der Waals surface area contributed by atoms with Gasteiger partial charge in [0.15, 0.2) is 10.8 Å². The van der Waals surface area contributed by atoms with Gasteiger partial charge in [0.25, 0.3) is 0 Å². The summed E-state index contributed by atoms with van der Waals surface area (Å²) in [5, 5.41) is 4.32. The van der Waals surface area contributed by atoms with E-state index in [-0.39, 0.29) is 5.97 Å². The van der Waals surface area contributed by atoms with Gasteiger partial charge in [0.2, 0.25) is 0 Å². The zero-order valence-corrected chi connectivity index (χ0v) is 15.6. The Bertz CT molecular complexity index is 702. The summed E-state index contributed by atoms with van der Waals surface area (Å²) in [5.41, 5.74) is 1.78. The van der Waals surface area contributed by atoms with Crippen molar-refractivity contribution in [3.8, 4) is 0 Å². The number of esters is 1. The predicted octanol–water partition coefficient (Wildman–Crippen LogP) is 3.70. The second-order valence-corrected chi connectivity index (χ2v) is 7.55. The summed E-state index contributed by atoms with van der Waals surface area (Å²) in [5.74, 6) is -0.335. The van der Waals surface area contributed by atoms with Crippen LogP contribution in [0.3, 0.4) is 0 Å². The number of hydrogen-bond acceptors (Lipinski definition) is 6. The van der Waals surface area contributed by atoms with Crippen LogP contribution in [0.15, 0.2) is 30.3 Å². The lowest BCUT2D eigenvalue weighted by Crippen LogP contribution is -2.41. The molecule has 0 amide bonds. The molecule has 0 spiro atoms. The number of piperidine rings is 1. The molecule has 1 aliphatic rings. The van der Waals surface area contributed by atoms with E-state index in [1.165, 1.54) is 23.3 Å². The molecule has 1 aliphatic heterocycles. The van der Waals surface area contributed by atoms with Crippen LogP contribution in [0.25, 0.3) is 0 Å². The van der Waals surface area contributed by atoms with Crippen molar-refractivity contribution >= 4 is 22.4 Å². The zero-order valence-electron chi connectivity index (χ0n) is 14.8. The minimum Gasteiger partial charge on any atom is -0.461 e. The average Bonchev–Trinajstić information content (AvgIpc) is 2.97. The second kappa shape index (κ2) is 8.45. The highest BCUT2D eigenvalue weighted by Crippen LogP contribution is 2.25. The van der Waals surface area contributed by atoms with Crippen LogP contribution in [-0.2, 0) is 11.3 Å². The Balaban J connectivity index is 1.59. The van der Waals surface area contributed by atoms with Gasteiger partial charge in [-0.15, -0.1) is 11.3 Å². The Hall–Kier alpha value is -1.92. The summed E-state index contributed by atoms with van der Waals surface area (Å²) < 4.78 is 5.06. The minimum atomic E-state index is -0.335. The number of carbonyl (C=O) groups excluding carboxylic acids is 1. The van der Waals surface area contributed by atoms with E-state index in [4.69, 9.17) is 4.74 Å². The normalized spacial score (nSPS) is 18.1. The largest absolute Gasteiger partial charge is 0.461 e. The highest BCUT2D eigenvalue weighted by Gasteiger charge is 2.22. The van der Waals surface area contributed by atoms with Crippen molar-refractivity contribution in [2.75, 3.05) is 25.0 Å². The van der Waals surface area contributed by atoms with Gasteiger partial charge in [0.1, 0.15) is 0 Å². The molecule has 0 bridgehead atoms. The standard InChI is InChI=1S/C19H25N3O2S/c1-3-24-18(23)17-14(2)25-19(21-17)20-16-10-7-11-22(13-16)12-15-8-5-4-6-9-15/h4-6,8-9,16H,3,7,10-13H2,1-2H3,(H,20,21). The van der Waals surface area contributed by atoms with Crippen LogP contribution in [0, 0.1) is 6.92 Å². The molecule has 5 nitrogen and oxygen atoms in total. The fourth-order valence-corrected chi connectivity index (χ4v) is 4.06. The van der Waals surface area contributed by atoms with E-state index >= 15 is 0 Å². The second-order valence-electron chi connectivity index (χ2n) is 6.35. The van der Waals surface area contributed by atoms with Gasteiger partial charge in [-0.05, 0) is 38.8 Å². The van der Waals surface area contributed by atoms with Crippen LogP contribution in [-0.4, -0.2) is 41.6 Å². The van der Waals surface area contributed by atoms with Crippen molar-refractivity contribution < 1.29 is 9.53 Å². The molecule has 2 heterocycles. The maximum absolute atomic E-state index is 11.9. The molecule has 3 rings (SSSR count). The third-order valence-electron chi connectivity index (χ3n) is 4.35. The van der Waals surface area contributed by atoms with Gasteiger partial charge in [0, 0.05) is 24.0 Å². The van der Waals surface area contributed by atoms with Gasteiger partial charge in [-0.25, -0.2) is 9.78 Å². The van der Waals surface area contributed by atoms with Crippen molar-refractivity contribution in [3.05, 3.63) is 46.5 Å². The molecule has 0 aliphatic carbocycles. The highest BCUT2D eigenvalue weighted by molar-refractivity contribution is 7.15. The number of aromatic nitrogens is 1. The average molecular weight is 359 g/mol. The summed E-state index contributed by atoms with van der Waals surface area (Å²) in [6.07, 6.45) is 2.29. The molecular weight excluding hydrogens is 334 g/mol. The highest BCUT2D eigenvalue weighted by atomic mass is 32.1. The van der Waals surface area contributed by atoms with Crippen LogP contribution in [0.5, 0.6) is 0 Å². The van der Waals surface area contributed by atoms with Crippen LogP contribution < -0.4 is 5.32 Å². The van der Waals surface area contributed by atoms with E-state index < -0.39 is 0 Å². The summed E-state index contributed by atoms with van der Waals surface area (Å²) in [7, 11) is 0. The number of anilines is 1. The molecule has 1 fully saturated rings. The Morgan fingerprint density at radius 2 is 2.20 bits per heavy atom. The van der Waals surface area contributed by atoms with E-state index in [9.17, 15) is 4.79 Å². The molecule has 6 heteroatoms. The quantitative estimate of drug-likeness (QED) is 0.797. The fraction of sp³-hybridized carbons (Fsp3) is 0.474. The molecule has 25 heavy (non-hydrogen) atoms. The first-order valence-corrected chi connectivity index (χ1v) is 9.64. The van der Waals surface area contributed by atoms with E-state index in [0.717, 1.165) is 36.1 Å². The van der Waals surface area contributed by atoms with E-state index in [1.54, 1.807) is 0 Å². The molecule has 2 aromatic rings. The lowest BCUT2D eigenvalue weighted by atomic mass is 10.1. The predicted molar refractivity (Wildman–Crippen MR) is 101 cm³/mol. The van der Waals surface area contributed by atoms with Crippen LogP contribution >= 0.6 is 11.3 Å². The molecule has 0 radical (unpaired) electrons. The fourth-order valence-electron chi connectivity index (χ4n) is 3.18. The number of aryl methyl sites for hydroxylation is 1. The number of thiazole rings is 1. The number of rotatable bonds is 6. The molecule has 1 aromatic heterocycles. The number of ether oxygens (including phenoxy) is 1. The van der Waals surface area contributed by atoms with Crippen molar-refractivity contribution in [1.29, 1.82) is 0 Å². The van der Waals surface area contributed by atoms with Gasteiger partial charge < -0.3 is 10.1 Å². The first-order chi connectivity index (χ1) is 12.2. The monoisotopic (exact) mass is 359 g/mol. The van der Waals surface area contributed by atoms with Crippen molar-refractivity contribution in [2.45, 2.75) is 39.3 Å². The maximum Gasteiger partial charge on any atom is 0.358 e. The number of nitrogens with one attached hydrogen (secondary N) is 1. The molecule has 1 N–H and O–H groups in total. The van der Waals surface area contributed by atoms with Crippen LogP contribution in [0.2, 0.25) is 0 Å². The third-order valence-corrected chi connectivity index (χ3v) is 5.25. The van der Waals surface area contributed by atoms with E-state index in [0.29, 0.717) is 18.3 Å². The van der Waals surface area contributed by atoms with E-state index in [2.05, 4.69) is 45.5 Å². The molecular formula is C19H25N3O2S. The van der Waals surface area contributed by atoms with Crippen LogP contribution in [0.4, 0.5) is 5.13 Å². The molecule has 1 unspecified atom stereocenters. The maximum atomic E-state index is 11.9. The molecule has 1 saturated heterocycles. The summed E-state index contributed by atoms with van der Waals surface area (Å²) in [4.78, 5) is 19.7. The third kappa shape index (κ3) is 4.80. The zero-order chi connectivity index (χ0) is 17.6. The molecule has 1 aromatic carbocycles. The lowest BCUT2D eigenvalue weighted by molar-refractivity contribution is 0.0519. The number of carbonyl (C=O) groups is 1. The first kappa shape index (κ1) is 17.9. The number of nitrogens with zero attached hydrogens (tertiary/aromatic N) is 2. The topological polar surface area (TPSA) is 54.5 Å². The van der Waals surface area contributed by atoms with E-state index in [1.807, 2.05) is 13.8 Å². The van der Waals surface area contributed by atoms with Gasteiger partial charge in [-0.2, -0.15) is 0 Å². The van der Waals surface area contributed by atoms with Crippen molar-refractivity contribution in [2.24, 2.45) is 0 Å². The Kier molecular flexibility index (Phi) is 6.04. The first-order valence-electron chi connectivity index (χ1n) is 8.83. The minimum absolute atomic E-state index is 0.335. The van der Waals surface area contributed by atoms with Crippen LogP contribution in [0.1, 0.15) is 40.7 Å². The van der Waals surface area contributed by atoms with Gasteiger partial charge >= 0.3 is 5.97 Å². The Labute approximate surface area is 153 Å². The van der Waals surface area contributed by atoms with Crippen molar-refractivity contribution in [1.82, 2.24) is 9.88 Å². The SMILES string of the molecule is CCOC(=O)c1nc(NC2CCCN(Cc3ccccc3)C2)sc1C. The summed E-state index contributed by atoms with van der Waals surface area (Å²) in [6, 6.07) is 10.9. The summed E-state index contributed by atoms with van der Waals surface area (Å²) >= 11 is 1.53. The van der Waals surface area contributed by atoms with Crippen molar-refractivity contribution in [3.63, 3.8) is 0 Å². The molecule has 134 valence electrons. The van der Waals surface area contributed by atoms with Gasteiger partial charge in [0.05, 0.1) is 6.61 Å². The van der Waals surface area contributed by atoms with Gasteiger partial charge in [-0.1, -0.05) is 30.3 Å². The summed E-state index contributed by atoms with van der Waals surface area (Å²) in [6.45, 7) is 7.18. The number of benzene rings is 1. The number of hydrogen-bond donors (Lipinski definition) is 1. The molecule has 1 atom stereocenters. The number of likely N-dealkylation sites (tertiary alicyclic amines) is 1. The molecule has 0 saturated carbocycles. The Morgan fingerprint density at radius 1 is 1.40 bits per heavy atom.